The van der Waals surface area contributed by atoms with Gasteiger partial charge in [-0.15, -0.1) is 0 Å². The number of nitrogens with one attached hydrogen (secondary N) is 2. The maximum atomic E-state index is 11.7. The van der Waals surface area contributed by atoms with Gasteiger partial charge in [0.2, 0.25) is 11.8 Å². The van der Waals surface area contributed by atoms with E-state index in [9.17, 15) is 9.59 Å². The quantitative estimate of drug-likeness (QED) is 0.592. The Kier molecular flexibility index (Phi) is 4.65. The highest BCUT2D eigenvalue weighted by Gasteiger charge is 2.06. The molecule has 0 radical (unpaired) electrons. The van der Waals surface area contributed by atoms with Gasteiger partial charge in [0.1, 0.15) is 0 Å². The highest BCUT2D eigenvalue weighted by Crippen LogP contribution is 2.17. The molecule has 1 aromatic carbocycles. The fourth-order valence-electron chi connectivity index (χ4n) is 1.39. The van der Waals surface area contributed by atoms with E-state index in [0.29, 0.717) is 10.7 Å². The first-order valence-corrected chi connectivity index (χ1v) is 6.88. The van der Waals surface area contributed by atoms with E-state index in [4.69, 9.17) is 16.7 Å². The summed E-state index contributed by atoms with van der Waals surface area (Å²) in [6.45, 7) is 0. The van der Waals surface area contributed by atoms with Crippen LogP contribution in [-0.2, 0) is 4.79 Å². The Morgan fingerprint density at radius 3 is 2.95 bits per heavy atom. The molecular formula is C12H10ClN3O3S. The molecule has 1 amide bonds. The van der Waals surface area contributed by atoms with Crippen molar-refractivity contribution in [3.05, 3.63) is 45.7 Å². The van der Waals surface area contributed by atoms with E-state index in [1.165, 1.54) is 0 Å². The van der Waals surface area contributed by atoms with Gasteiger partial charge in [0.15, 0.2) is 5.16 Å². The first kappa shape index (κ1) is 14.4. The van der Waals surface area contributed by atoms with Gasteiger partial charge in [-0.3, -0.25) is 9.59 Å². The van der Waals surface area contributed by atoms with Crippen LogP contribution >= 0.6 is 23.4 Å². The molecule has 6 nitrogen and oxygen atoms in total. The summed E-state index contributed by atoms with van der Waals surface area (Å²) in [4.78, 5) is 28.9. The van der Waals surface area contributed by atoms with Gasteiger partial charge in [-0.05, 0) is 18.2 Å². The lowest BCUT2D eigenvalue weighted by Gasteiger charge is -2.05. The standard InChI is InChI=1S/C12H10ClN3O3S/c13-7-2-1-3-8(4-7)14-11(19)6-20-12-15-9(17)5-10(18)16-12/h1-5H,6H2,(H,14,19)(H2,15,16,17,18). The first-order chi connectivity index (χ1) is 9.52. The Labute approximate surface area is 123 Å². The summed E-state index contributed by atoms with van der Waals surface area (Å²) in [7, 11) is 0. The van der Waals surface area contributed by atoms with E-state index >= 15 is 0 Å². The fraction of sp³-hybridized carbons (Fsp3) is 0.0833. The minimum atomic E-state index is -0.477. The number of benzene rings is 1. The SMILES string of the molecule is O=C(CSc1nc(O)cc(=O)[nH]1)Nc1cccc(Cl)c1. The number of nitrogens with zero attached hydrogens (tertiary/aromatic N) is 1. The number of hydrogen-bond acceptors (Lipinski definition) is 5. The van der Waals surface area contributed by atoms with Crippen molar-refractivity contribution in [1.29, 1.82) is 0 Å². The largest absolute Gasteiger partial charge is 0.493 e. The van der Waals surface area contributed by atoms with Crippen LogP contribution in [0.2, 0.25) is 5.02 Å². The number of H-pyrrole nitrogens is 1. The van der Waals surface area contributed by atoms with Crippen LogP contribution in [0.15, 0.2) is 40.3 Å². The normalized spacial score (nSPS) is 10.2. The van der Waals surface area contributed by atoms with E-state index in [2.05, 4.69) is 15.3 Å². The summed E-state index contributed by atoms with van der Waals surface area (Å²) in [5.41, 5.74) is 0.107. The van der Waals surface area contributed by atoms with Crippen molar-refractivity contribution < 1.29 is 9.90 Å². The molecule has 2 rings (SSSR count). The van der Waals surface area contributed by atoms with E-state index in [1.54, 1.807) is 24.3 Å². The van der Waals surface area contributed by atoms with Crippen molar-refractivity contribution >= 4 is 35.0 Å². The van der Waals surface area contributed by atoms with Crippen LogP contribution in [0.3, 0.4) is 0 Å². The van der Waals surface area contributed by atoms with Crippen LogP contribution in [0, 0.1) is 0 Å². The molecule has 0 bridgehead atoms. The van der Waals surface area contributed by atoms with Crippen molar-refractivity contribution in [1.82, 2.24) is 9.97 Å². The summed E-state index contributed by atoms with van der Waals surface area (Å²) in [5, 5.41) is 12.5. The number of anilines is 1. The van der Waals surface area contributed by atoms with Gasteiger partial charge in [0, 0.05) is 10.7 Å². The lowest BCUT2D eigenvalue weighted by Crippen LogP contribution is -2.15. The van der Waals surface area contributed by atoms with Crippen molar-refractivity contribution in [2.45, 2.75) is 5.16 Å². The van der Waals surface area contributed by atoms with Crippen LogP contribution in [0.1, 0.15) is 0 Å². The number of carbonyl (C=O) groups excluding carboxylic acids is 1. The Bertz CT molecular complexity index is 690. The van der Waals surface area contributed by atoms with Crippen LogP contribution < -0.4 is 10.9 Å². The predicted molar refractivity (Wildman–Crippen MR) is 77.3 cm³/mol. The smallest absolute Gasteiger partial charge is 0.255 e. The molecule has 0 saturated carbocycles. The molecule has 104 valence electrons. The number of aromatic nitrogens is 2. The van der Waals surface area contributed by atoms with E-state index in [-0.39, 0.29) is 22.7 Å². The van der Waals surface area contributed by atoms with E-state index in [1.807, 2.05) is 0 Å². The molecule has 0 aliphatic carbocycles. The molecule has 0 aliphatic rings. The number of amides is 1. The molecule has 0 aliphatic heterocycles. The second kappa shape index (κ2) is 6.44. The van der Waals surface area contributed by atoms with Gasteiger partial charge in [-0.25, -0.2) is 0 Å². The molecule has 1 aromatic heterocycles. The molecule has 8 heteroatoms. The molecule has 2 aromatic rings. The number of aromatic hydroxyl groups is 1. The van der Waals surface area contributed by atoms with Crippen molar-refractivity contribution in [2.24, 2.45) is 0 Å². The number of hydrogen-bond donors (Lipinski definition) is 3. The number of carbonyl (C=O) groups is 1. The highest BCUT2D eigenvalue weighted by atomic mass is 35.5. The average molecular weight is 312 g/mol. The molecule has 0 spiro atoms. The molecule has 0 unspecified atom stereocenters. The van der Waals surface area contributed by atoms with Gasteiger partial charge in [-0.1, -0.05) is 29.4 Å². The molecule has 1 heterocycles. The van der Waals surface area contributed by atoms with Gasteiger partial charge >= 0.3 is 0 Å². The zero-order valence-electron chi connectivity index (χ0n) is 10.1. The van der Waals surface area contributed by atoms with Gasteiger partial charge in [-0.2, -0.15) is 4.98 Å². The number of halogens is 1. The zero-order chi connectivity index (χ0) is 14.5. The summed E-state index contributed by atoms with van der Waals surface area (Å²) >= 11 is 6.81. The second-order valence-electron chi connectivity index (χ2n) is 3.76. The molecule has 0 atom stereocenters. The van der Waals surface area contributed by atoms with Gasteiger partial charge in [0.05, 0.1) is 11.8 Å². The fourth-order valence-corrected chi connectivity index (χ4v) is 2.25. The van der Waals surface area contributed by atoms with Crippen LogP contribution in [0.25, 0.3) is 0 Å². The molecule has 0 fully saturated rings. The maximum absolute atomic E-state index is 11.7. The molecule has 3 N–H and O–H groups in total. The minimum absolute atomic E-state index is 0.0406. The molecule has 0 saturated heterocycles. The topological polar surface area (TPSA) is 95.1 Å². The maximum Gasteiger partial charge on any atom is 0.255 e. The van der Waals surface area contributed by atoms with Crippen LogP contribution in [-0.4, -0.2) is 26.7 Å². The van der Waals surface area contributed by atoms with Gasteiger partial charge < -0.3 is 15.4 Å². The third-order valence-corrected chi connectivity index (χ3v) is 3.26. The third kappa shape index (κ3) is 4.29. The average Bonchev–Trinajstić information content (AvgIpc) is 2.35. The first-order valence-electron chi connectivity index (χ1n) is 5.51. The predicted octanol–water partition coefficient (Wildman–Crippen LogP) is 1.86. The minimum Gasteiger partial charge on any atom is -0.493 e. The van der Waals surface area contributed by atoms with E-state index < -0.39 is 5.56 Å². The van der Waals surface area contributed by atoms with Crippen LogP contribution in [0.5, 0.6) is 5.88 Å². The highest BCUT2D eigenvalue weighted by molar-refractivity contribution is 7.99. The Morgan fingerprint density at radius 2 is 2.25 bits per heavy atom. The monoisotopic (exact) mass is 311 g/mol. The van der Waals surface area contributed by atoms with Crippen molar-refractivity contribution in [2.75, 3.05) is 11.1 Å². The lowest BCUT2D eigenvalue weighted by molar-refractivity contribution is -0.113. The molecule has 20 heavy (non-hydrogen) atoms. The summed E-state index contributed by atoms with van der Waals surface area (Å²) in [5.74, 6) is -0.617. The number of rotatable bonds is 4. The van der Waals surface area contributed by atoms with Crippen molar-refractivity contribution in [3.8, 4) is 5.88 Å². The summed E-state index contributed by atoms with van der Waals surface area (Å²) in [6.07, 6.45) is 0. The summed E-state index contributed by atoms with van der Waals surface area (Å²) < 4.78 is 0. The number of thioether (sulfide) groups is 1. The third-order valence-electron chi connectivity index (χ3n) is 2.15. The number of aromatic amines is 1. The lowest BCUT2D eigenvalue weighted by atomic mass is 10.3. The second-order valence-corrected chi connectivity index (χ2v) is 5.16. The Morgan fingerprint density at radius 1 is 1.45 bits per heavy atom. The van der Waals surface area contributed by atoms with E-state index in [0.717, 1.165) is 17.8 Å². The zero-order valence-corrected chi connectivity index (χ0v) is 11.7. The van der Waals surface area contributed by atoms with Crippen LogP contribution in [0.4, 0.5) is 5.69 Å². The van der Waals surface area contributed by atoms with Crippen molar-refractivity contribution in [3.63, 3.8) is 0 Å². The Hall–Kier alpha value is -1.99. The van der Waals surface area contributed by atoms with Gasteiger partial charge in [0.25, 0.3) is 5.56 Å². The Balaban J connectivity index is 1.93. The molecular weight excluding hydrogens is 302 g/mol. The summed E-state index contributed by atoms with van der Waals surface area (Å²) in [6, 6.07) is 7.71.